The van der Waals surface area contributed by atoms with Crippen molar-refractivity contribution in [1.29, 1.82) is 0 Å². The summed E-state index contributed by atoms with van der Waals surface area (Å²) in [4.78, 5) is 0. The summed E-state index contributed by atoms with van der Waals surface area (Å²) in [6.07, 6.45) is 13.8. The van der Waals surface area contributed by atoms with E-state index in [9.17, 15) is 0 Å². The van der Waals surface area contributed by atoms with E-state index in [4.69, 9.17) is 0 Å². The number of allylic oxidation sites excluding steroid dienone is 3. The van der Waals surface area contributed by atoms with Crippen LogP contribution in [-0.2, 0) is 0 Å². The Bertz CT molecular complexity index is 299. The average Bonchev–Trinajstić information content (AvgIpc) is 2.38. The van der Waals surface area contributed by atoms with E-state index in [2.05, 4.69) is 58.7 Å². The highest BCUT2D eigenvalue weighted by molar-refractivity contribution is 5.07. The van der Waals surface area contributed by atoms with Crippen LogP contribution in [0.5, 0.6) is 0 Å². The van der Waals surface area contributed by atoms with Gasteiger partial charge in [0.05, 0.1) is 0 Å². The van der Waals surface area contributed by atoms with Crippen LogP contribution in [0.15, 0.2) is 38.0 Å². The smallest absolute Gasteiger partial charge is 0.0133 e. The monoisotopic (exact) mass is 246 g/mol. The second kappa shape index (κ2) is 5.47. The fourth-order valence-electron chi connectivity index (χ4n) is 3.63. The Hall–Kier alpha value is -0.780. The molecule has 0 aromatic heterocycles. The summed E-state index contributed by atoms with van der Waals surface area (Å²) < 4.78 is 0. The third-order valence-electron chi connectivity index (χ3n) is 4.84. The van der Waals surface area contributed by atoms with Gasteiger partial charge in [-0.05, 0) is 41.9 Å². The summed E-state index contributed by atoms with van der Waals surface area (Å²) in [7, 11) is 0. The van der Waals surface area contributed by atoms with Gasteiger partial charge < -0.3 is 0 Å². The van der Waals surface area contributed by atoms with Crippen LogP contribution in [0.25, 0.3) is 0 Å². The summed E-state index contributed by atoms with van der Waals surface area (Å²) in [6.45, 7) is 19.2. The lowest BCUT2D eigenvalue weighted by Gasteiger charge is -2.40. The molecule has 0 nitrogen and oxygen atoms in total. The van der Waals surface area contributed by atoms with Gasteiger partial charge in [0, 0.05) is 0 Å². The Kier molecular flexibility index (Phi) is 4.64. The van der Waals surface area contributed by atoms with Gasteiger partial charge in [0.25, 0.3) is 0 Å². The molecule has 0 amide bonds. The molecule has 0 spiro atoms. The minimum atomic E-state index is 0.177. The first-order chi connectivity index (χ1) is 8.30. The lowest BCUT2D eigenvalue weighted by molar-refractivity contribution is 0.185. The van der Waals surface area contributed by atoms with Gasteiger partial charge in [-0.1, -0.05) is 51.8 Å². The highest BCUT2D eigenvalue weighted by Gasteiger charge is 2.37. The molecule has 0 aromatic rings. The standard InChI is InChI=1S/C18H30/c1-7-16(4)12-10-11-13-17(5,8-2)15-18(6,9-3)14-16/h7-9H,1-3,10-15H2,4-6H3. The summed E-state index contributed by atoms with van der Waals surface area (Å²) in [5, 5.41) is 0. The van der Waals surface area contributed by atoms with E-state index in [1.54, 1.807) is 0 Å². The zero-order chi connectivity index (χ0) is 13.9. The van der Waals surface area contributed by atoms with Gasteiger partial charge in [-0.25, -0.2) is 0 Å². The fourth-order valence-corrected chi connectivity index (χ4v) is 3.63. The Morgan fingerprint density at radius 1 is 0.667 bits per heavy atom. The van der Waals surface area contributed by atoms with Crippen molar-refractivity contribution in [3.8, 4) is 0 Å². The van der Waals surface area contributed by atoms with Crippen molar-refractivity contribution >= 4 is 0 Å². The number of rotatable bonds is 3. The van der Waals surface area contributed by atoms with Crippen molar-refractivity contribution in [2.75, 3.05) is 0 Å². The van der Waals surface area contributed by atoms with Crippen LogP contribution in [0.4, 0.5) is 0 Å². The van der Waals surface area contributed by atoms with Crippen LogP contribution in [0.1, 0.15) is 59.3 Å². The molecule has 2 unspecified atom stereocenters. The minimum absolute atomic E-state index is 0.177. The van der Waals surface area contributed by atoms with Crippen LogP contribution in [0.2, 0.25) is 0 Å². The minimum Gasteiger partial charge on any atom is -0.103 e. The maximum absolute atomic E-state index is 4.09. The molecule has 18 heavy (non-hydrogen) atoms. The number of hydrogen-bond donors (Lipinski definition) is 0. The molecule has 2 atom stereocenters. The van der Waals surface area contributed by atoms with Crippen molar-refractivity contribution in [2.24, 2.45) is 16.2 Å². The maximum Gasteiger partial charge on any atom is -0.0133 e. The Balaban J connectivity index is 3.05. The first-order valence-corrected chi connectivity index (χ1v) is 7.21. The quantitative estimate of drug-likeness (QED) is 0.542. The van der Waals surface area contributed by atoms with E-state index in [0.717, 1.165) is 12.8 Å². The molecule has 0 heteroatoms. The molecule has 1 rings (SSSR count). The topological polar surface area (TPSA) is 0 Å². The van der Waals surface area contributed by atoms with Gasteiger partial charge >= 0.3 is 0 Å². The van der Waals surface area contributed by atoms with Gasteiger partial charge in [-0.2, -0.15) is 0 Å². The van der Waals surface area contributed by atoms with Gasteiger partial charge in [0.15, 0.2) is 0 Å². The second-order valence-electron chi connectivity index (χ2n) is 7.14. The van der Waals surface area contributed by atoms with Crippen LogP contribution >= 0.6 is 0 Å². The van der Waals surface area contributed by atoms with Gasteiger partial charge in [0.1, 0.15) is 0 Å². The Morgan fingerprint density at radius 2 is 1.00 bits per heavy atom. The van der Waals surface area contributed by atoms with E-state index in [1.165, 1.54) is 25.7 Å². The van der Waals surface area contributed by atoms with Crippen LogP contribution < -0.4 is 0 Å². The highest BCUT2D eigenvalue weighted by atomic mass is 14.4. The molecule has 0 saturated heterocycles. The molecule has 1 fully saturated rings. The van der Waals surface area contributed by atoms with E-state index < -0.39 is 0 Å². The zero-order valence-corrected chi connectivity index (χ0v) is 12.6. The second-order valence-corrected chi connectivity index (χ2v) is 7.14. The number of hydrogen-bond acceptors (Lipinski definition) is 0. The summed E-state index contributed by atoms with van der Waals surface area (Å²) >= 11 is 0. The molecule has 0 bridgehead atoms. The van der Waals surface area contributed by atoms with E-state index in [1.807, 2.05) is 0 Å². The predicted molar refractivity (Wildman–Crippen MR) is 82.6 cm³/mol. The third-order valence-corrected chi connectivity index (χ3v) is 4.84. The summed E-state index contributed by atoms with van der Waals surface area (Å²) in [6, 6.07) is 0. The van der Waals surface area contributed by atoms with Crippen molar-refractivity contribution in [1.82, 2.24) is 0 Å². The molecule has 1 aliphatic rings. The van der Waals surface area contributed by atoms with Crippen molar-refractivity contribution < 1.29 is 0 Å². The Labute approximate surface area is 114 Å². The molecule has 102 valence electrons. The van der Waals surface area contributed by atoms with Crippen molar-refractivity contribution in [2.45, 2.75) is 59.3 Å². The first kappa shape index (κ1) is 15.3. The molecule has 1 aliphatic carbocycles. The average molecular weight is 246 g/mol. The van der Waals surface area contributed by atoms with Crippen molar-refractivity contribution in [3.05, 3.63) is 38.0 Å². The largest absolute Gasteiger partial charge is 0.103 e. The van der Waals surface area contributed by atoms with Crippen LogP contribution in [0, 0.1) is 16.2 Å². The predicted octanol–water partition coefficient (Wildman–Crippen LogP) is 5.92. The third kappa shape index (κ3) is 3.60. The molecule has 1 saturated carbocycles. The first-order valence-electron chi connectivity index (χ1n) is 7.21. The van der Waals surface area contributed by atoms with E-state index >= 15 is 0 Å². The maximum atomic E-state index is 4.09. The van der Waals surface area contributed by atoms with Crippen LogP contribution in [0.3, 0.4) is 0 Å². The van der Waals surface area contributed by atoms with Gasteiger partial charge in [0.2, 0.25) is 0 Å². The Morgan fingerprint density at radius 3 is 1.28 bits per heavy atom. The lowest BCUT2D eigenvalue weighted by atomic mass is 9.65. The summed E-state index contributed by atoms with van der Waals surface area (Å²) in [5.41, 5.74) is 0.668. The summed E-state index contributed by atoms with van der Waals surface area (Å²) in [5.74, 6) is 0. The van der Waals surface area contributed by atoms with Crippen molar-refractivity contribution in [3.63, 3.8) is 0 Å². The van der Waals surface area contributed by atoms with Crippen LogP contribution in [-0.4, -0.2) is 0 Å². The molecule has 0 radical (unpaired) electrons. The molecular formula is C18H30. The highest BCUT2D eigenvalue weighted by Crippen LogP contribution is 2.49. The lowest BCUT2D eigenvalue weighted by Crippen LogP contribution is -2.29. The zero-order valence-electron chi connectivity index (χ0n) is 12.6. The van der Waals surface area contributed by atoms with Gasteiger partial charge in [-0.15, -0.1) is 19.7 Å². The van der Waals surface area contributed by atoms with Gasteiger partial charge in [-0.3, -0.25) is 0 Å². The van der Waals surface area contributed by atoms with E-state index in [-0.39, 0.29) is 16.2 Å². The molecule has 0 aromatic carbocycles. The van der Waals surface area contributed by atoms with E-state index in [0.29, 0.717) is 0 Å². The molecule has 0 heterocycles. The fraction of sp³-hybridized carbons (Fsp3) is 0.667. The molecule has 0 aliphatic heterocycles. The molecular weight excluding hydrogens is 216 g/mol. The normalized spacial score (nSPS) is 42.2. The molecule has 0 N–H and O–H groups in total. The SMILES string of the molecule is C=CC1(C)CCCCC(C)(C=C)CC(C)(C=C)C1.